The zero-order chi connectivity index (χ0) is 88.1. The summed E-state index contributed by atoms with van der Waals surface area (Å²) in [5, 5.41) is 15.2. The summed E-state index contributed by atoms with van der Waals surface area (Å²) in [6.07, 6.45) is 5.61. The lowest BCUT2D eigenvalue weighted by Gasteiger charge is -2.15. The van der Waals surface area contributed by atoms with Gasteiger partial charge >= 0.3 is 0 Å². The van der Waals surface area contributed by atoms with Crippen molar-refractivity contribution in [1.29, 1.82) is 0 Å². The molecule has 0 fully saturated rings. The Hall–Kier alpha value is -17.6. The Morgan fingerprint density at radius 2 is 0.489 bits per heavy atom. The number of hydrogen-bond acceptors (Lipinski definition) is 10. The third kappa shape index (κ3) is 14.9. The highest BCUT2D eigenvalue weighted by Gasteiger charge is 2.23. The molecular weight excluding hydrogens is 1640 g/mol. The summed E-state index contributed by atoms with van der Waals surface area (Å²) in [6.45, 7) is 0. The molecule has 133 heavy (non-hydrogen) atoms. The zero-order valence-corrected chi connectivity index (χ0v) is 72.7. The molecule has 0 saturated carbocycles. The van der Waals surface area contributed by atoms with Crippen LogP contribution in [0.1, 0.15) is 0 Å². The predicted molar refractivity (Wildman–Crippen MR) is 555 cm³/mol. The van der Waals surface area contributed by atoms with E-state index in [2.05, 4.69) is 369 Å². The topological polar surface area (TPSA) is 116 Å². The maximum absolute atomic E-state index is 5.19. The number of rotatable bonds is 12. The van der Waals surface area contributed by atoms with Crippen molar-refractivity contribution >= 4 is 129 Å². The second-order valence-electron chi connectivity index (χ2n) is 33.3. The maximum atomic E-state index is 5.19. The Balaban J connectivity index is 0.000000110. The van der Waals surface area contributed by atoms with Crippen molar-refractivity contribution in [3.8, 4) is 135 Å². The Labute approximate surface area is 770 Å². The van der Waals surface area contributed by atoms with Gasteiger partial charge in [-0.05, 0) is 179 Å². The van der Waals surface area contributed by atoms with Gasteiger partial charge in [0.25, 0.3) is 0 Å². The van der Waals surface area contributed by atoms with Crippen LogP contribution in [0.4, 0.5) is 0 Å². The number of aromatic nitrogens is 9. The number of para-hydroxylation sites is 3. The van der Waals surface area contributed by atoms with Crippen molar-refractivity contribution in [3.05, 3.63) is 468 Å². The van der Waals surface area contributed by atoms with Gasteiger partial charge in [-0.1, -0.05) is 364 Å². The van der Waals surface area contributed by atoms with Gasteiger partial charge in [-0.3, -0.25) is 15.0 Å². The van der Waals surface area contributed by atoms with Crippen molar-refractivity contribution < 1.29 is 0 Å². The minimum atomic E-state index is 0.721. The summed E-state index contributed by atoms with van der Waals surface area (Å²) in [5.41, 5.74) is 30.9. The number of pyridine rings is 3. The second kappa shape index (κ2) is 34.2. The van der Waals surface area contributed by atoms with Crippen molar-refractivity contribution in [2.75, 3.05) is 0 Å². The average Bonchev–Trinajstić information content (AvgIpc) is 1.24. The quantitative estimate of drug-likeness (QED) is 0.110. The summed E-state index contributed by atoms with van der Waals surface area (Å²) in [6, 6.07) is 158. The van der Waals surface area contributed by atoms with E-state index in [-0.39, 0.29) is 0 Å². The molecule has 9 nitrogen and oxygen atoms in total. The minimum Gasteiger partial charge on any atom is -0.256 e. The Morgan fingerprint density at radius 3 is 0.985 bits per heavy atom. The van der Waals surface area contributed by atoms with Crippen LogP contribution in [0.25, 0.3) is 253 Å². The van der Waals surface area contributed by atoms with Gasteiger partial charge in [0, 0.05) is 99.8 Å². The van der Waals surface area contributed by atoms with E-state index in [1.165, 1.54) is 92.1 Å². The predicted octanol–water partition coefficient (Wildman–Crippen LogP) is 32.4. The van der Waals surface area contributed by atoms with Crippen LogP contribution in [0.2, 0.25) is 0 Å². The molecule has 19 aromatic carbocycles. The SMILES string of the molecule is c1ccc(-c2nc(-c3cccc(-c4cccc(-c5cc6cccnc6c6ccccc56)c4)c3)nc3c2sc2ccccc23)cc1.c1ccc(-c2nc(-c3cccc(-c4cccc(-c5cc6cccnc6c6ccccc56)c4)c3)nc3ccccc23)cc1.c1ccc(-c2nc3ccccc3nc2-c2ccc(-c3ccc(-c4cc5cccnc5c5ccccc45)c4ccccc34)cc2)cc1. The first-order chi connectivity index (χ1) is 65.9. The number of fused-ring (bicyclic) bond motifs is 15. The molecule has 0 N–H and O–H groups in total. The van der Waals surface area contributed by atoms with Crippen LogP contribution >= 0.6 is 11.3 Å². The summed E-state index contributed by atoms with van der Waals surface area (Å²) >= 11 is 1.76. The van der Waals surface area contributed by atoms with E-state index in [0.29, 0.717) is 0 Å². The molecule has 0 spiro atoms. The number of thiophene rings is 1. The van der Waals surface area contributed by atoms with Crippen LogP contribution in [0.5, 0.6) is 0 Å². The number of hydrogen-bond donors (Lipinski definition) is 0. The van der Waals surface area contributed by atoms with Crippen molar-refractivity contribution in [2.45, 2.75) is 0 Å². The number of benzene rings is 19. The highest BCUT2D eigenvalue weighted by Crippen LogP contribution is 2.46. The van der Waals surface area contributed by atoms with Gasteiger partial charge in [0.05, 0.1) is 66.1 Å². The summed E-state index contributed by atoms with van der Waals surface area (Å²) < 4.78 is 2.34. The van der Waals surface area contributed by atoms with E-state index in [4.69, 9.17) is 39.9 Å². The van der Waals surface area contributed by atoms with Gasteiger partial charge < -0.3 is 0 Å². The van der Waals surface area contributed by atoms with Gasteiger partial charge in [-0.15, -0.1) is 11.3 Å². The first-order valence-electron chi connectivity index (χ1n) is 44.7. The maximum Gasteiger partial charge on any atom is 0.160 e. The van der Waals surface area contributed by atoms with Crippen LogP contribution < -0.4 is 0 Å². The van der Waals surface area contributed by atoms with E-state index in [9.17, 15) is 0 Å². The molecular formula is C123H77N9S. The van der Waals surface area contributed by atoms with Gasteiger partial charge in [-0.2, -0.15) is 0 Å². The fourth-order valence-electron chi connectivity index (χ4n) is 19.0. The van der Waals surface area contributed by atoms with Crippen LogP contribution in [0.3, 0.4) is 0 Å². The smallest absolute Gasteiger partial charge is 0.160 e. The van der Waals surface area contributed by atoms with Crippen molar-refractivity contribution in [2.24, 2.45) is 0 Å². The highest BCUT2D eigenvalue weighted by molar-refractivity contribution is 7.26. The zero-order valence-electron chi connectivity index (χ0n) is 71.9. The van der Waals surface area contributed by atoms with Crippen molar-refractivity contribution in [3.63, 3.8) is 0 Å². The molecule has 0 aliphatic heterocycles. The largest absolute Gasteiger partial charge is 0.256 e. The van der Waals surface area contributed by atoms with Crippen LogP contribution in [-0.4, -0.2) is 44.9 Å². The molecule has 7 heterocycles. The molecule has 0 aliphatic carbocycles. The van der Waals surface area contributed by atoms with E-state index in [0.717, 1.165) is 160 Å². The molecule has 0 radical (unpaired) electrons. The third-order valence-corrected chi connectivity index (χ3v) is 26.5. The minimum absolute atomic E-state index is 0.721. The number of nitrogens with zero attached hydrogens (tertiary/aromatic N) is 9. The first kappa shape index (κ1) is 78.9. The van der Waals surface area contributed by atoms with Crippen LogP contribution in [-0.2, 0) is 0 Å². The third-order valence-electron chi connectivity index (χ3n) is 25.3. The normalized spacial score (nSPS) is 11.5. The Morgan fingerprint density at radius 1 is 0.158 bits per heavy atom. The van der Waals surface area contributed by atoms with Gasteiger partial charge in [0.15, 0.2) is 11.6 Å². The molecule has 7 aromatic heterocycles. The molecule has 26 rings (SSSR count). The molecule has 10 heteroatoms. The Kier molecular flexibility index (Phi) is 20.3. The second-order valence-corrected chi connectivity index (χ2v) is 34.4. The monoisotopic (exact) mass is 1710 g/mol. The van der Waals surface area contributed by atoms with Crippen LogP contribution in [0, 0.1) is 0 Å². The lowest BCUT2D eigenvalue weighted by molar-refractivity contribution is 1.23. The van der Waals surface area contributed by atoms with Crippen molar-refractivity contribution in [1.82, 2.24) is 44.9 Å². The molecule has 0 bridgehead atoms. The molecule has 620 valence electrons. The summed E-state index contributed by atoms with van der Waals surface area (Å²) in [4.78, 5) is 44.7. The lowest BCUT2D eigenvalue weighted by Crippen LogP contribution is -1.95. The van der Waals surface area contributed by atoms with Gasteiger partial charge in [0.1, 0.15) is 0 Å². The lowest BCUT2D eigenvalue weighted by atomic mass is 9.89. The molecule has 26 aromatic rings. The summed E-state index contributed by atoms with van der Waals surface area (Å²) in [7, 11) is 0. The Bertz CT molecular complexity index is 9040. The van der Waals surface area contributed by atoms with Gasteiger partial charge in [0.2, 0.25) is 0 Å². The molecule has 0 atom stereocenters. The highest BCUT2D eigenvalue weighted by atomic mass is 32.1. The fraction of sp³-hybridized carbons (Fsp3) is 0. The molecule has 0 saturated heterocycles. The average molecular weight is 1710 g/mol. The molecule has 0 amide bonds. The van der Waals surface area contributed by atoms with E-state index >= 15 is 0 Å². The molecule has 0 unspecified atom stereocenters. The van der Waals surface area contributed by atoms with E-state index < -0.39 is 0 Å². The van der Waals surface area contributed by atoms with E-state index in [1.54, 1.807) is 11.3 Å². The van der Waals surface area contributed by atoms with Crippen LogP contribution in [0.15, 0.2) is 468 Å². The fourth-order valence-corrected chi connectivity index (χ4v) is 20.1. The van der Waals surface area contributed by atoms with Gasteiger partial charge in [-0.25, -0.2) is 29.9 Å². The van der Waals surface area contributed by atoms with E-state index in [1.807, 2.05) is 104 Å². The standard InChI is InChI=1S/C43H27N3.C41H25N3S.C39H25N3/c1-2-11-29(12-3-1)42-43(46-40-19-9-8-18-39(40)45-42)30-22-20-28(21-23-30)32-24-25-36(34-15-5-4-14-33(32)34)38-27-31-13-10-26-44-41(31)37-17-7-6-16-35(37)38;1-2-11-26(12-3-1)38-40-39(34-20-6-7-21-36(34)45-40)44-41(43-38)31-16-9-14-28(24-31)27-13-8-15-29(23-27)35-25-30-17-10-22-42-37(30)33-19-5-4-18-32(33)35;1-2-11-26(12-3-1)38-34-20-6-7-21-36(34)41-39(42-38)31-16-9-14-28(24-31)27-13-8-15-29(23-27)35-25-30-17-10-22-40-37(30)33-19-5-4-18-32(33)35/h1-27H;1-25H;1-25H. The first-order valence-corrected chi connectivity index (χ1v) is 45.5. The summed E-state index contributed by atoms with van der Waals surface area (Å²) in [5.74, 6) is 1.45. The molecule has 0 aliphatic rings.